The van der Waals surface area contributed by atoms with Gasteiger partial charge < -0.3 is 14.4 Å². The Morgan fingerprint density at radius 2 is 2.09 bits per heavy atom. The van der Waals surface area contributed by atoms with Gasteiger partial charge in [0, 0.05) is 25.2 Å². The van der Waals surface area contributed by atoms with Crippen molar-refractivity contribution in [3.63, 3.8) is 0 Å². The summed E-state index contributed by atoms with van der Waals surface area (Å²) in [6.07, 6.45) is 1.01. The Balaban J connectivity index is 1.70. The Labute approximate surface area is 130 Å². The molecular formula is C16H22N4O2. The first-order valence-corrected chi connectivity index (χ1v) is 7.76. The molecule has 0 fully saturated rings. The standard InChI is InChI=1S/C16H22N4O2/c1-2-9-22-14-6-4-3-5-13(14)10-19-7-8-20-15(11-19)17-18-16(20)12-21/h3-6,21H,2,7-12H2,1H3. The molecule has 0 atom stereocenters. The molecule has 1 aliphatic rings. The van der Waals surface area contributed by atoms with E-state index in [0.717, 1.165) is 50.8 Å². The maximum Gasteiger partial charge on any atom is 0.158 e. The molecule has 0 radical (unpaired) electrons. The minimum absolute atomic E-state index is 0.0549. The van der Waals surface area contributed by atoms with Crippen molar-refractivity contribution in [3.05, 3.63) is 41.5 Å². The molecule has 118 valence electrons. The Morgan fingerprint density at radius 3 is 2.91 bits per heavy atom. The number of aromatic nitrogens is 3. The molecule has 2 heterocycles. The van der Waals surface area contributed by atoms with Crippen molar-refractivity contribution in [2.24, 2.45) is 0 Å². The summed E-state index contributed by atoms with van der Waals surface area (Å²) in [5, 5.41) is 17.4. The topological polar surface area (TPSA) is 63.4 Å². The Kier molecular flexibility index (Phi) is 4.70. The highest BCUT2D eigenvalue weighted by Gasteiger charge is 2.21. The minimum Gasteiger partial charge on any atom is -0.493 e. The van der Waals surface area contributed by atoms with Crippen molar-refractivity contribution in [1.82, 2.24) is 19.7 Å². The second-order valence-electron chi connectivity index (χ2n) is 5.51. The summed E-state index contributed by atoms with van der Waals surface area (Å²) in [7, 11) is 0. The van der Waals surface area contributed by atoms with E-state index in [9.17, 15) is 5.11 Å². The van der Waals surface area contributed by atoms with Gasteiger partial charge in [-0.15, -0.1) is 10.2 Å². The third kappa shape index (κ3) is 3.13. The fourth-order valence-corrected chi connectivity index (χ4v) is 2.75. The molecule has 0 saturated carbocycles. The average Bonchev–Trinajstić information content (AvgIpc) is 2.96. The molecule has 2 aromatic rings. The van der Waals surface area contributed by atoms with Crippen LogP contribution < -0.4 is 4.74 Å². The van der Waals surface area contributed by atoms with Crippen LogP contribution in [-0.2, 0) is 26.2 Å². The van der Waals surface area contributed by atoms with Gasteiger partial charge in [-0.25, -0.2) is 0 Å². The molecule has 0 bridgehead atoms. The molecule has 22 heavy (non-hydrogen) atoms. The van der Waals surface area contributed by atoms with E-state index in [1.807, 2.05) is 22.8 Å². The van der Waals surface area contributed by atoms with Crippen LogP contribution in [0.15, 0.2) is 24.3 Å². The minimum atomic E-state index is -0.0549. The highest BCUT2D eigenvalue weighted by Crippen LogP contribution is 2.22. The summed E-state index contributed by atoms with van der Waals surface area (Å²) in [5.41, 5.74) is 1.20. The molecule has 0 unspecified atom stereocenters. The van der Waals surface area contributed by atoms with Gasteiger partial charge in [-0.3, -0.25) is 4.90 Å². The largest absolute Gasteiger partial charge is 0.493 e. The van der Waals surface area contributed by atoms with Gasteiger partial charge in [0.2, 0.25) is 0 Å². The third-order valence-electron chi connectivity index (χ3n) is 3.88. The van der Waals surface area contributed by atoms with E-state index < -0.39 is 0 Å². The smallest absolute Gasteiger partial charge is 0.158 e. The quantitative estimate of drug-likeness (QED) is 0.877. The number of hydrogen-bond donors (Lipinski definition) is 1. The number of aliphatic hydroxyl groups is 1. The number of benzene rings is 1. The van der Waals surface area contributed by atoms with Gasteiger partial charge in [0.05, 0.1) is 13.2 Å². The highest BCUT2D eigenvalue weighted by molar-refractivity contribution is 5.33. The number of nitrogens with zero attached hydrogens (tertiary/aromatic N) is 4. The van der Waals surface area contributed by atoms with Gasteiger partial charge in [0.1, 0.15) is 18.2 Å². The van der Waals surface area contributed by atoms with Crippen molar-refractivity contribution in [1.29, 1.82) is 0 Å². The zero-order valence-corrected chi connectivity index (χ0v) is 12.9. The van der Waals surface area contributed by atoms with Crippen LogP contribution in [-0.4, -0.2) is 37.9 Å². The molecule has 1 N–H and O–H groups in total. The van der Waals surface area contributed by atoms with Crippen LogP contribution in [0.4, 0.5) is 0 Å². The lowest BCUT2D eigenvalue weighted by molar-refractivity contribution is 0.196. The maximum absolute atomic E-state index is 9.25. The van der Waals surface area contributed by atoms with E-state index in [2.05, 4.69) is 28.1 Å². The molecule has 0 saturated heterocycles. The summed E-state index contributed by atoms with van der Waals surface area (Å²) in [4.78, 5) is 2.33. The Hall–Kier alpha value is -1.92. The molecule has 1 aromatic carbocycles. The number of para-hydroxylation sites is 1. The first-order chi connectivity index (χ1) is 10.8. The van der Waals surface area contributed by atoms with Crippen molar-refractivity contribution in [3.8, 4) is 5.75 Å². The van der Waals surface area contributed by atoms with Crippen molar-refractivity contribution >= 4 is 0 Å². The summed E-state index contributed by atoms with van der Waals surface area (Å²) < 4.78 is 7.84. The Morgan fingerprint density at radius 1 is 1.23 bits per heavy atom. The van der Waals surface area contributed by atoms with E-state index in [0.29, 0.717) is 5.82 Å². The van der Waals surface area contributed by atoms with Gasteiger partial charge in [-0.1, -0.05) is 25.1 Å². The number of ether oxygens (including phenoxy) is 1. The Bertz CT molecular complexity index is 626. The van der Waals surface area contributed by atoms with Gasteiger partial charge >= 0.3 is 0 Å². The molecule has 6 nitrogen and oxygen atoms in total. The molecule has 1 aromatic heterocycles. The molecule has 0 spiro atoms. The van der Waals surface area contributed by atoms with Gasteiger partial charge in [-0.05, 0) is 12.5 Å². The van der Waals surface area contributed by atoms with Gasteiger partial charge in [0.15, 0.2) is 5.82 Å². The fraction of sp³-hybridized carbons (Fsp3) is 0.500. The van der Waals surface area contributed by atoms with Crippen LogP contribution in [0, 0.1) is 0 Å². The second kappa shape index (κ2) is 6.89. The van der Waals surface area contributed by atoms with Crippen LogP contribution in [0.5, 0.6) is 5.75 Å². The van der Waals surface area contributed by atoms with Crippen LogP contribution in [0.2, 0.25) is 0 Å². The van der Waals surface area contributed by atoms with E-state index in [4.69, 9.17) is 4.74 Å². The van der Waals surface area contributed by atoms with Crippen LogP contribution in [0.25, 0.3) is 0 Å². The number of rotatable bonds is 6. The summed E-state index contributed by atoms with van der Waals surface area (Å²) in [6.45, 7) is 6.11. The predicted octanol–water partition coefficient (Wildman–Crippen LogP) is 1.57. The van der Waals surface area contributed by atoms with Crippen LogP contribution >= 0.6 is 0 Å². The monoisotopic (exact) mass is 302 g/mol. The van der Waals surface area contributed by atoms with Crippen molar-refractivity contribution in [2.45, 2.75) is 39.6 Å². The highest BCUT2D eigenvalue weighted by atomic mass is 16.5. The van der Waals surface area contributed by atoms with Gasteiger partial charge in [-0.2, -0.15) is 0 Å². The van der Waals surface area contributed by atoms with Gasteiger partial charge in [0.25, 0.3) is 0 Å². The molecular weight excluding hydrogens is 280 g/mol. The van der Waals surface area contributed by atoms with Crippen molar-refractivity contribution in [2.75, 3.05) is 13.2 Å². The lowest BCUT2D eigenvalue weighted by Gasteiger charge is -2.28. The molecule has 1 aliphatic heterocycles. The molecule has 6 heteroatoms. The first kappa shape index (κ1) is 15.0. The molecule has 0 aliphatic carbocycles. The SMILES string of the molecule is CCCOc1ccccc1CN1CCn2c(CO)nnc2C1. The molecule has 3 rings (SSSR count). The fourth-order valence-electron chi connectivity index (χ4n) is 2.75. The second-order valence-corrected chi connectivity index (χ2v) is 5.51. The van der Waals surface area contributed by atoms with E-state index in [-0.39, 0.29) is 6.61 Å². The average molecular weight is 302 g/mol. The lowest BCUT2D eigenvalue weighted by atomic mass is 10.1. The number of aliphatic hydroxyl groups excluding tert-OH is 1. The number of hydrogen-bond acceptors (Lipinski definition) is 5. The van der Waals surface area contributed by atoms with Crippen LogP contribution in [0.3, 0.4) is 0 Å². The zero-order valence-electron chi connectivity index (χ0n) is 12.9. The first-order valence-electron chi connectivity index (χ1n) is 7.76. The summed E-state index contributed by atoms with van der Waals surface area (Å²) in [6, 6.07) is 8.20. The van der Waals surface area contributed by atoms with E-state index in [1.54, 1.807) is 0 Å². The summed E-state index contributed by atoms with van der Waals surface area (Å²) >= 11 is 0. The number of fused-ring (bicyclic) bond motifs is 1. The van der Waals surface area contributed by atoms with E-state index in [1.165, 1.54) is 5.56 Å². The predicted molar refractivity (Wildman–Crippen MR) is 82.3 cm³/mol. The van der Waals surface area contributed by atoms with E-state index >= 15 is 0 Å². The normalized spacial score (nSPS) is 14.8. The van der Waals surface area contributed by atoms with Crippen molar-refractivity contribution < 1.29 is 9.84 Å². The lowest BCUT2D eigenvalue weighted by Crippen LogP contribution is -2.34. The van der Waals surface area contributed by atoms with Crippen LogP contribution in [0.1, 0.15) is 30.6 Å². The zero-order chi connectivity index (χ0) is 15.4. The maximum atomic E-state index is 9.25. The third-order valence-corrected chi connectivity index (χ3v) is 3.88. The molecule has 0 amide bonds. The summed E-state index contributed by atoms with van der Waals surface area (Å²) in [5.74, 6) is 2.54.